The van der Waals surface area contributed by atoms with Crippen LogP contribution in [0.25, 0.3) is 0 Å². The molecular formula is C22H29N3O3. The lowest BCUT2D eigenvalue weighted by Crippen LogP contribution is -2.42. The van der Waals surface area contributed by atoms with Crippen LogP contribution in [0.1, 0.15) is 61.1 Å². The van der Waals surface area contributed by atoms with Gasteiger partial charge in [-0.25, -0.2) is 9.78 Å². The van der Waals surface area contributed by atoms with Gasteiger partial charge >= 0.3 is 5.97 Å². The molecule has 6 nitrogen and oxygen atoms in total. The van der Waals surface area contributed by atoms with E-state index in [9.17, 15) is 14.7 Å². The summed E-state index contributed by atoms with van der Waals surface area (Å²) < 4.78 is 0. The second-order valence-electron chi connectivity index (χ2n) is 8.84. The number of likely N-dealkylation sites (tertiary alicyclic amines) is 1. The zero-order valence-corrected chi connectivity index (χ0v) is 16.8. The molecule has 1 aromatic rings. The maximum Gasteiger partial charge on any atom is 0.339 e. The van der Waals surface area contributed by atoms with E-state index in [1.54, 1.807) is 0 Å². The molecule has 4 rings (SSSR count). The minimum absolute atomic E-state index is 0.0309. The Bertz CT molecular complexity index is 834. The molecule has 2 aliphatic heterocycles. The molecule has 1 aromatic heterocycles. The standard InChI is InChI=1S/C22H29N3O3/c1-15(2)6-9-25-14-22(13-19(25)26)7-10-24(11-8-22)20-17(21(27)28)12-16-4-3-5-18(16)23-20/h6,12H,3-5,7-11,13-14H2,1-2H3,(H,27,28). The quantitative estimate of drug-likeness (QED) is 0.809. The summed E-state index contributed by atoms with van der Waals surface area (Å²) in [6.07, 6.45) is 7.45. The van der Waals surface area contributed by atoms with Crippen LogP contribution in [0.5, 0.6) is 0 Å². The number of fused-ring (bicyclic) bond motifs is 1. The number of carbonyl (C=O) groups excluding carboxylic acids is 1. The molecule has 1 aliphatic carbocycles. The highest BCUT2D eigenvalue weighted by Gasteiger charge is 2.45. The van der Waals surface area contributed by atoms with Crippen LogP contribution >= 0.6 is 0 Å². The Labute approximate surface area is 166 Å². The number of carbonyl (C=O) groups is 2. The number of aromatic carboxylic acids is 1. The zero-order valence-electron chi connectivity index (χ0n) is 16.8. The molecule has 1 amide bonds. The first kappa shape index (κ1) is 19.0. The van der Waals surface area contributed by atoms with Crippen molar-refractivity contribution in [3.63, 3.8) is 0 Å². The SMILES string of the molecule is CC(C)=CCN1CC2(CCN(c3nc4c(cc3C(=O)O)CCC4)CC2)CC1=O. The number of amides is 1. The smallest absolute Gasteiger partial charge is 0.339 e. The number of hydrogen-bond acceptors (Lipinski definition) is 4. The van der Waals surface area contributed by atoms with Gasteiger partial charge in [-0.3, -0.25) is 4.79 Å². The zero-order chi connectivity index (χ0) is 19.9. The average molecular weight is 383 g/mol. The van der Waals surface area contributed by atoms with Gasteiger partial charge in [0.15, 0.2) is 0 Å². The molecule has 2 saturated heterocycles. The van der Waals surface area contributed by atoms with Crippen molar-refractivity contribution < 1.29 is 14.7 Å². The van der Waals surface area contributed by atoms with Gasteiger partial charge in [0.05, 0.1) is 0 Å². The minimum Gasteiger partial charge on any atom is -0.478 e. The van der Waals surface area contributed by atoms with Crippen molar-refractivity contribution in [2.24, 2.45) is 5.41 Å². The maximum absolute atomic E-state index is 12.5. The van der Waals surface area contributed by atoms with E-state index in [2.05, 4.69) is 24.8 Å². The van der Waals surface area contributed by atoms with Crippen molar-refractivity contribution in [1.29, 1.82) is 0 Å². The number of allylic oxidation sites excluding steroid dienone is 1. The fourth-order valence-electron chi connectivity index (χ4n) is 4.83. The number of piperidine rings is 1. The summed E-state index contributed by atoms with van der Waals surface area (Å²) in [5.41, 5.74) is 3.73. The van der Waals surface area contributed by atoms with Crippen LogP contribution in [0.15, 0.2) is 17.7 Å². The number of nitrogens with zero attached hydrogens (tertiary/aromatic N) is 3. The first-order valence-corrected chi connectivity index (χ1v) is 10.3. The first-order valence-electron chi connectivity index (χ1n) is 10.3. The third kappa shape index (κ3) is 3.52. The van der Waals surface area contributed by atoms with Gasteiger partial charge in [-0.2, -0.15) is 0 Å². The van der Waals surface area contributed by atoms with Crippen LogP contribution in [-0.2, 0) is 17.6 Å². The van der Waals surface area contributed by atoms with Crippen LogP contribution in [0, 0.1) is 5.41 Å². The number of aromatic nitrogens is 1. The largest absolute Gasteiger partial charge is 0.478 e. The van der Waals surface area contributed by atoms with E-state index in [1.807, 2.05) is 11.0 Å². The topological polar surface area (TPSA) is 73.7 Å². The van der Waals surface area contributed by atoms with Crippen LogP contribution < -0.4 is 4.90 Å². The van der Waals surface area contributed by atoms with Crippen LogP contribution in [-0.4, -0.2) is 53.0 Å². The Morgan fingerprint density at radius 1 is 1.29 bits per heavy atom. The number of pyridine rings is 1. The van der Waals surface area contributed by atoms with Gasteiger partial charge in [0.25, 0.3) is 0 Å². The molecule has 1 spiro atoms. The minimum atomic E-state index is -0.901. The maximum atomic E-state index is 12.5. The highest BCUT2D eigenvalue weighted by molar-refractivity contribution is 5.93. The van der Waals surface area contributed by atoms with Gasteiger partial charge in [-0.1, -0.05) is 11.6 Å². The summed E-state index contributed by atoms with van der Waals surface area (Å²) in [5.74, 6) is -0.0389. The third-order valence-electron chi connectivity index (χ3n) is 6.51. The molecule has 0 saturated carbocycles. The van der Waals surface area contributed by atoms with Gasteiger partial charge in [0.2, 0.25) is 5.91 Å². The van der Waals surface area contributed by atoms with Crippen molar-refractivity contribution in [2.75, 3.05) is 31.1 Å². The normalized spacial score (nSPS) is 20.6. The predicted molar refractivity (Wildman–Crippen MR) is 108 cm³/mol. The molecule has 150 valence electrons. The van der Waals surface area contributed by atoms with E-state index in [4.69, 9.17) is 4.98 Å². The molecule has 28 heavy (non-hydrogen) atoms. The molecule has 1 N–H and O–H groups in total. The molecular weight excluding hydrogens is 354 g/mol. The third-order valence-corrected chi connectivity index (χ3v) is 6.51. The summed E-state index contributed by atoms with van der Waals surface area (Å²) in [4.78, 5) is 33.1. The van der Waals surface area contributed by atoms with E-state index >= 15 is 0 Å². The highest BCUT2D eigenvalue weighted by Crippen LogP contribution is 2.42. The van der Waals surface area contributed by atoms with Gasteiger partial charge in [-0.15, -0.1) is 0 Å². The predicted octanol–water partition coefficient (Wildman–Crippen LogP) is 3.05. The highest BCUT2D eigenvalue weighted by atomic mass is 16.4. The molecule has 0 unspecified atom stereocenters. The molecule has 3 heterocycles. The van der Waals surface area contributed by atoms with Crippen molar-refractivity contribution in [3.05, 3.63) is 34.5 Å². The van der Waals surface area contributed by atoms with E-state index in [0.717, 1.165) is 63.0 Å². The van der Waals surface area contributed by atoms with Crippen molar-refractivity contribution in [3.8, 4) is 0 Å². The van der Waals surface area contributed by atoms with Crippen molar-refractivity contribution >= 4 is 17.7 Å². The van der Waals surface area contributed by atoms with E-state index in [0.29, 0.717) is 24.3 Å². The Kier molecular flexibility index (Phi) is 4.89. The molecule has 6 heteroatoms. The van der Waals surface area contributed by atoms with E-state index < -0.39 is 5.97 Å². The lowest BCUT2D eigenvalue weighted by molar-refractivity contribution is -0.127. The van der Waals surface area contributed by atoms with Crippen molar-refractivity contribution in [2.45, 2.75) is 52.4 Å². The molecule has 0 atom stereocenters. The second kappa shape index (κ2) is 7.22. The van der Waals surface area contributed by atoms with Crippen LogP contribution in [0.2, 0.25) is 0 Å². The number of anilines is 1. The Balaban J connectivity index is 1.49. The summed E-state index contributed by atoms with van der Waals surface area (Å²) in [6.45, 7) is 7.14. The van der Waals surface area contributed by atoms with Gasteiger partial charge in [-0.05, 0) is 57.6 Å². The summed E-state index contributed by atoms with van der Waals surface area (Å²) >= 11 is 0. The number of aryl methyl sites for hydroxylation is 2. The number of rotatable bonds is 4. The number of carboxylic acid groups (broad SMARTS) is 1. The Morgan fingerprint density at radius 3 is 2.71 bits per heavy atom. The molecule has 0 radical (unpaired) electrons. The van der Waals surface area contributed by atoms with Crippen molar-refractivity contribution in [1.82, 2.24) is 9.88 Å². The summed E-state index contributed by atoms with van der Waals surface area (Å²) in [6, 6.07) is 1.83. The molecule has 3 aliphatic rings. The van der Waals surface area contributed by atoms with Gasteiger partial charge < -0.3 is 14.9 Å². The number of hydrogen-bond donors (Lipinski definition) is 1. The lowest BCUT2D eigenvalue weighted by Gasteiger charge is -2.39. The lowest BCUT2D eigenvalue weighted by atomic mass is 9.77. The van der Waals surface area contributed by atoms with Gasteiger partial charge in [0.1, 0.15) is 11.4 Å². The fraction of sp³-hybridized carbons (Fsp3) is 0.591. The molecule has 2 fully saturated rings. The van der Waals surface area contributed by atoms with E-state index in [1.165, 1.54) is 5.57 Å². The first-order chi connectivity index (χ1) is 13.4. The fourth-order valence-corrected chi connectivity index (χ4v) is 4.83. The monoisotopic (exact) mass is 383 g/mol. The molecule has 0 aromatic carbocycles. The summed E-state index contributed by atoms with van der Waals surface area (Å²) in [7, 11) is 0. The Hall–Kier alpha value is -2.37. The van der Waals surface area contributed by atoms with Crippen LogP contribution in [0.3, 0.4) is 0 Å². The Morgan fingerprint density at radius 2 is 2.04 bits per heavy atom. The van der Waals surface area contributed by atoms with Gasteiger partial charge in [0, 0.05) is 43.7 Å². The number of carboxylic acids is 1. The van der Waals surface area contributed by atoms with E-state index in [-0.39, 0.29) is 11.3 Å². The molecule has 0 bridgehead atoms. The van der Waals surface area contributed by atoms with Crippen LogP contribution in [0.4, 0.5) is 5.82 Å². The average Bonchev–Trinajstić information content (AvgIpc) is 3.23. The second-order valence-corrected chi connectivity index (χ2v) is 8.84. The summed E-state index contributed by atoms with van der Waals surface area (Å²) in [5, 5.41) is 9.68.